The summed E-state index contributed by atoms with van der Waals surface area (Å²) in [4.78, 5) is 4.35. The molecular weight excluding hydrogens is 214 g/mol. The Morgan fingerprint density at radius 1 is 1.24 bits per heavy atom. The van der Waals surface area contributed by atoms with Gasteiger partial charge in [-0.3, -0.25) is 4.98 Å². The highest BCUT2D eigenvalue weighted by atomic mass is 16.7. The molecule has 2 aromatic rings. The molecule has 0 fully saturated rings. The van der Waals surface area contributed by atoms with Crippen molar-refractivity contribution in [3.8, 4) is 5.75 Å². The Balaban J connectivity index is 1.92. The first-order valence-corrected chi connectivity index (χ1v) is 5.74. The lowest BCUT2D eigenvalue weighted by molar-refractivity contribution is -0.0406. The third-order valence-electron chi connectivity index (χ3n) is 2.75. The van der Waals surface area contributed by atoms with Crippen LogP contribution in [0.2, 0.25) is 0 Å². The molecule has 17 heavy (non-hydrogen) atoms. The fraction of sp³-hybridized carbons (Fsp3) is 0.214. The largest absolute Gasteiger partial charge is 0.463 e. The van der Waals surface area contributed by atoms with Gasteiger partial charge >= 0.3 is 0 Å². The third kappa shape index (κ3) is 2.09. The SMILES string of the molecule is C1=COC(Oc2cccc3cccnc23)CC1. The van der Waals surface area contributed by atoms with Crippen molar-refractivity contribution in [2.75, 3.05) is 0 Å². The molecule has 0 radical (unpaired) electrons. The Morgan fingerprint density at radius 2 is 2.18 bits per heavy atom. The second-order valence-corrected chi connectivity index (χ2v) is 3.96. The molecule has 1 atom stereocenters. The Bertz CT molecular complexity index is 545. The van der Waals surface area contributed by atoms with Crippen LogP contribution in [0, 0.1) is 0 Å². The van der Waals surface area contributed by atoms with E-state index in [4.69, 9.17) is 9.47 Å². The molecule has 0 saturated heterocycles. The molecule has 0 N–H and O–H groups in total. The van der Waals surface area contributed by atoms with Crippen LogP contribution in [-0.4, -0.2) is 11.3 Å². The van der Waals surface area contributed by atoms with E-state index in [1.54, 1.807) is 12.5 Å². The minimum atomic E-state index is -0.201. The van der Waals surface area contributed by atoms with Gasteiger partial charge < -0.3 is 9.47 Å². The summed E-state index contributed by atoms with van der Waals surface area (Å²) in [6, 6.07) is 9.87. The lowest BCUT2D eigenvalue weighted by atomic mass is 10.2. The van der Waals surface area contributed by atoms with Crippen LogP contribution in [0.4, 0.5) is 0 Å². The van der Waals surface area contributed by atoms with Gasteiger partial charge in [-0.1, -0.05) is 18.2 Å². The maximum Gasteiger partial charge on any atom is 0.240 e. The number of rotatable bonds is 2. The average molecular weight is 227 g/mol. The number of fused-ring (bicyclic) bond motifs is 1. The predicted molar refractivity (Wildman–Crippen MR) is 65.6 cm³/mol. The van der Waals surface area contributed by atoms with Crippen LogP contribution in [0.1, 0.15) is 12.8 Å². The first kappa shape index (κ1) is 10.1. The quantitative estimate of drug-likeness (QED) is 0.789. The number of benzene rings is 1. The Hall–Kier alpha value is -2.03. The molecule has 1 aromatic heterocycles. The Labute approximate surface area is 99.7 Å². The van der Waals surface area contributed by atoms with Crippen molar-refractivity contribution in [3.05, 3.63) is 48.9 Å². The van der Waals surface area contributed by atoms with Crippen molar-refractivity contribution < 1.29 is 9.47 Å². The predicted octanol–water partition coefficient (Wildman–Crippen LogP) is 3.26. The molecule has 3 heteroatoms. The number of para-hydroxylation sites is 1. The van der Waals surface area contributed by atoms with Gasteiger partial charge in [0.25, 0.3) is 0 Å². The van der Waals surface area contributed by atoms with Gasteiger partial charge in [0.05, 0.1) is 6.26 Å². The molecule has 1 aromatic carbocycles. The molecule has 1 unspecified atom stereocenters. The van der Waals surface area contributed by atoms with E-state index in [0.717, 1.165) is 29.5 Å². The zero-order chi connectivity index (χ0) is 11.5. The molecule has 3 rings (SSSR count). The van der Waals surface area contributed by atoms with E-state index in [1.807, 2.05) is 36.4 Å². The smallest absolute Gasteiger partial charge is 0.240 e. The second kappa shape index (κ2) is 4.45. The minimum absolute atomic E-state index is 0.201. The molecule has 0 bridgehead atoms. The van der Waals surface area contributed by atoms with Crippen LogP contribution in [0.5, 0.6) is 5.75 Å². The van der Waals surface area contributed by atoms with Crippen LogP contribution in [0.3, 0.4) is 0 Å². The van der Waals surface area contributed by atoms with Crippen molar-refractivity contribution in [1.82, 2.24) is 4.98 Å². The van der Waals surface area contributed by atoms with Crippen LogP contribution in [-0.2, 0) is 4.74 Å². The molecule has 3 nitrogen and oxygen atoms in total. The molecule has 86 valence electrons. The lowest BCUT2D eigenvalue weighted by Gasteiger charge is -2.21. The molecule has 1 aliphatic heterocycles. The van der Waals surface area contributed by atoms with Crippen molar-refractivity contribution in [1.29, 1.82) is 0 Å². The highest BCUT2D eigenvalue weighted by molar-refractivity contribution is 5.84. The van der Waals surface area contributed by atoms with E-state index < -0.39 is 0 Å². The van der Waals surface area contributed by atoms with E-state index in [-0.39, 0.29) is 6.29 Å². The molecule has 0 amide bonds. The highest BCUT2D eigenvalue weighted by Gasteiger charge is 2.14. The number of hydrogen-bond acceptors (Lipinski definition) is 3. The second-order valence-electron chi connectivity index (χ2n) is 3.96. The number of aromatic nitrogens is 1. The lowest BCUT2D eigenvalue weighted by Crippen LogP contribution is -2.20. The van der Waals surface area contributed by atoms with Gasteiger partial charge in [0.2, 0.25) is 6.29 Å². The molecule has 2 heterocycles. The van der Waals surface area contributed by atoms with E-state index in [2.05, 4.69) is 4.98 Å². The highest BCUT2D eigenvalue weighted by Crippen LogP contribution is 2.25. The van der Waals surface area contributed by atoms with E-state index in [0.29, 0.717) is 0 Å². The number of pyridine rings is 1. The Kier molecular flexibility index (Phi) is 2.66. The van der Waals surface area contributed by atoms with Gasteiger partial charge in [0.15, 0.2) is 0 Å². The number of allylic oxidation sites excluding steroid dienone is 1. The first-order valence-electron chi connectivity index (χ1n) is 5.74. The molecule has 1 aliphatic rings. The standard InChI is InChI=1S/C14H13NO2/c1-2-10-16-13(8-1)17-12-7-3-5-11-6-4-9-15-14(11)12/h2-7,9-10,13H,1,8H2. The van der Waals surface area contributed by atoms with E-state index >= 15 is 0 Å². The number of hydrogen-bond donors (Lipinski definition) is 0. The fourth-order valence-electron chi connectivity index (χ4n) is 1.91. The van der Waals surface area contributed by atoms with Crippen molar-refractivity contribution in [2.45, 2.75) is 19.1 Å². The first-order chi connectivity index (χ1) is 8.43. The Morgan fingerprint density at radius 3 is 3.06 bits per heavy atom. The van der Waals surface area contributed by atoms with Crippen molar-refractivity contribution in [2.24, 2.45) is 0 Å². The monoisotopic (exact) mass is 227 g/mol. The normalized spacial score (nSPS) is 18.9. The summed E-state index contributed by atoms with van der Waals surface area (Å²) in [7, 11) is 0. The summed E-state index contributed by atoms with van der Waals surface area (Å²) < 4.78 is 11.2. The minimum Gasteiger partial charge on any atom is -0.463 e. The van der Waals surface area contributed by atoms with Gasteiger partial charge in [-0.25, -0.2) is 0 Å². The van der Waals surface area contributed by atoms with Crippen LogP contribution >= 0.6 is 0 Å². The maximum absolute atomic E-state index is 5.83. The van der Waals surface area contributed by atoms with Gasteiger partial charge in [0, 0.05) is 18.0 Å². The summed E-state index contributed by atoms with van der Waals surface area (Å²) in [6.45, 7) is 0. The average Bonchev–Trinajstić information content (AvgIpc) is 2.40. The summed E-state index contributed by atoms with van der Waals surface area (Å²) in [5.74, 6) is 0.781. The van der Waals surface area contributed by atoms with Gasteiger partial charge in [-0.05, 0) is 24.6 Å². The zero-order valence-electron chi connectivity index (χ0n) is 9.37. The summed E-state index contributed by atoms with van der Waals surface area (Å²) in [6.07, 6.45) is 7.14. The van der Waals surface area contributed by atoms with Gasteiger partial charge in [0.1, 0.15) is 11.3 Å². The summed E-state index contributed by atoms with van der Waals surface area (Å²) in [5.41, 5.74) is 0.883. The molecule has 0 saturated carbocycles. The topological polar surface area (TPSA) is 31.4 Å². The van der Waals surface area contributed by atoms with Crippen LogP contribution < -0.4 is 4.74 Å². The third-order valence-corrected chi connectivity index (χ3v) is 2.75. The maximum atomic E-state index is 5.83. The molecule has 0 spiro atoms. The number of ether oxygens (including phenoxy) is 2. The van der Waals surface area contributed by atoms with Crippen LogP contribution in [0.15, 0.2) is 48.9 Å². The van der Waals surface area contributed by atoms with Gasteiger partial charge in [-0.2, -0.15) is 0 Å². The van der Waals surface area contributed by atoms with Crippen molar-refractivity contribution in [3.63, 3.8) is 0 Å². The van der Waals surface area contributed by atoms with E-state index in [9.17, 15) is 0 Å². The van der Waals surface area contributed by atoms with Crippen LogP contribution in [0.25, 0.3) is 10.9 Å². The number of nitrogens with zero attached hydrogens (tertiary/aromatic N) is 1. The summed E-state index contributed by atoms with van der Waals surface area (Å²) in [5, 5.41) is 1.08. The van der Waals surface area contributed by atoms with Crippen molar-refractivity contribution >= 4 is 10.9 Å². The zero-order valence-corrected chi connectivity index (χ0v) is 9.37. The molecule has 0 aliphatic carbocycles. The fourth-order valence-corrected chi connectivity index (χ4v) is 1.91. The van der Waals surface area contributed by atoms with E-state index in [1.165, 1.54) is 0 Å². The summed E-state index contributed by atoms with van der Waals surface area (Å²) >= 11 is 0. The van der Waals surface area contributed by atoms with Gasteiger partial charge in [-0.15, -0.1) is 0 Å². The molecular formula is C14H13NO2.